The Morgan fingerprint density at radius 1 is 1.27 bits per heavy atom. The van der Waals surface area contributed by atoms with Gasteiger partial charge in [0.05, 0.1) is 17.0 Å². The number of hydrogen-bond donors (Lipinski definition) is 0. The summed E-state index contributed by atoms with van der Waals surface area (Å²) >= 11 is 1.55. The fourth-order valence-corrected chi connectivity index (χ4v) is 2.73. The van der Waals surface area contributed by atoms with E-state index in [0.29, 0.717) is 23.1 Å². The van der Waals surface area contributed by atoms with Crippen LogP contribution in [-0.4, -0.2) is 11.0 Å². The second-order valence-electron chi connectivity index (χ2n) is 4.97. The van der Waals surface area contributed by atoms with E-state index in [1.54, 1.807) is 24.3 Å². The lowest BCUT2D eigenvalue weighted by molar-refractivity contribution is -0.133. The maximum absolute atomic E-state index is 12.0. The maximum atomic E-state index is 12.0. The van der Waals surface area contributed by atoms with E-state index in [9.17, 15) is 4.79 Å². The third-order valence-electron chi connectivity index (χ3n) is 3.16. The molecule has 0 saturated carbocycles. The van der Waals surface area contributed by atoms with Gasteiger partial charge in [-0.1, -0.05) is 18.2 Å². The van der Waals surface area contributed by atoms with Gasteiger partial charge in [-0.05, 0) is 43.0 Å². The monoisotopic (exact) mass is 313 g/mol. The van der Waals surface area contributed by atoms with Gasteiger partial charge < -0.3 is 9.15 Å². The summed E-state index contributed by atoms with van der Waals surface area (Å²) in [6.07, 6.45) is 0.0919. The molecule has 0 aliphatic carbocycles. The van der Waals surface area contributed by atoms with Gasteiger partial charge in [-0.2, -0.15) is 0 Å². The van der Waals surface area contributed by atoms with E-state index in [4.69, 9.17) is 9.15 Å². The molecule has 3 rings (SSSR count). The molecular formula is C17H15NO3S. The van der Waals surface area contributed by atoms with Gasteiger partial charge in [-0.3, -0.25) is 4.79 Å². The van der Waals surface area contributed by atoms with Gasteiger partial charge in [0.25, 0.3) is 0 Å². The van der Waals surface area contributed by atoms with E-state index in [-0.39, 0.29) is 12.4 Å². The predicted molar refractivity (Wildman–Crippen MR) is 85.1 cm³/mol. The number of hydrogen-bond acceptors (Lipinski definition) is 5. The number of nitrogens with zero attached hydrogens (tertiary/aromatic N) is 1. The van der Waals surface area contributed by atoms with Crippen molar-refractivity contribution < 1.29 is 13.9 Å². The number of ether oxygens (including phenoxy) is 1. The van der Waals surface area contributed by atoms with Crippen LogP contribution in [-0.2, 0) is 11.2 Å². The van der Waals surface area contributed by atoms with Crippen molar-refractivity contribution in [3.8, 4) is 16.5 Å². The van der Waals surface area contributed by atoms with E-state index in [0.717, 1.165) is 10.4 Å². The SMILES string of the molecule is Cc1cccc(OC(=O)Cc2nc(-c3cccs3)oc2C)c1. The molecule has 4 nitrogen and oxygen atoms in total. The minimum absolute atomic E-state index is 0.0919. The molecule has 0 atom stereocenters. The average Bonchev–Trinajstić information content (AvgIpc) is 3.09. The Labute approximate surface area is 132 Å². The molecule has 0 N–H and O–H groups in total. The average molecular weight is 313 g/mol. The first kappa shape index (κ1) is 14.5. The molecule has 22 heavy (non-hydrogen) atoms. The standard InChI is InChI=1S/C17H15NO3S/c1-11-5-3-6-13(9-11)21-16(19)10-14-12(2)20-17(18-14)15-7-4-8-22-15/h3-9H,10H2,1-2H3. The predicted octanol–water partition coefficient (Wildman–Crippen LogP) is 4.17. The summed E-state index contributed by atoms with van der Waals surface area (Å²) in [6.45, 7) is 3.76. The second-order valence-corrected chi connectivity index (χ2v) is 5.91. The van der Waals surface area contributed by atoms with E-state index in [2.05, 4.69) is 4.98 Å². The van der Waals surface area contributed by atoms with Crippen LogP contribution < -0.4 is 4.74 Å². The van der Waals surface area contributed by atoms with Crippen molar-refractivity contribution in [3.63, 3.8) is 0 Å². The van der Waals surface area contributed by atoms with Crippen LogP contribution in [0.1, 0.15) is 17.0 Å². The first-order valence-electron chi connectivity index (χ1n) is 6.89. The first-order chi connectivity index (χ1) is 10.6. The molecule has 0 amide bonds. The number of esters is 1. The zero-order valence-corrected chi connectivity index (χ0v) is 13.1. The Morgan fingerprint density at radius 2 is 2.14 bits per heavy atom. The summed E-state index contributed by atoms with van der Waals surface area (Å²) in [6, 6.07) is 11.3. The third-order valence-corrected chi connectivity index (χ3v) is 4.02. The minimum atomic E-state index is -0.347. The minimum Gasteiger partial charge on any atom is -0.440 e. The van der Waals surface area contributed by atoms with Crippen molar-refractivity contribution >= 4 is 17.3 Å². The van der Waals surface area contributed by atoms with Gasteiger partial charge in [-0.25, -0.2) is 4.98 Å². The van der Waals surface area contributed by atoms with Gasteiger partial charge in [0.15, 0.2) is 0 Å². The molecule has 0 unspecified atom stereocenters. The van der Waals surface area contributed by atoms with Crippen LogP contribution in [0.15, 0.2) is 46.2 Å². The number of oxazole rings is 1. The molecule has 0 aliphatic rings. The highest BCUT2D eigenvalue weighted by Gasteiger charge is 2.16. The summed E-state index contributed by atoms with van der Waals surface area (Å²) < 4.78 is 11.0. The molecule has 5 heteroatoms. The van der Waals surface area contributed by atoms with Crippen LogP contribution in [0.25, 0.3) is 10.8 Å². The summed E-state index contributed by atoms with van der Waals surface area (Å²) in [7, 11) is 0. The molecule has 2 heterocycles. The number of carbonyl (C=O) groups excluding carboxylic acids is 1. The van der Waals surface area contributed by atoms with Crippen LogP contribution in [0.2, 0.25) is 0 Å². The molecule has 0 radical (unpaired) electrons. The maximum Gasteiger partial charge on any atom is 0.317 e. The van der Waals surface area contributed by atoms with Gasteiger partial charge in [0.2, 0.25) is 5.89 Å². The quantitative estimate of drug-likeness (QED) is 0.536. The van der Waals surface area contributed by atoms with Crippen molar-refractivity contribution in [1.82, 2.24) is 4.98 Å². The number of aryl methyl sites for hydroxylation is 2. The molecule has 2 aromatic heterocycles. The molecule has 0 aliphatic heterocycles. The van der Waals surface area contributed by atoms with Crippen molar-refractivity contribution in [2.45, 2.75) is 20.3 Å². The summed E-state index contributed by atoms with van der Waals surface area (Å²) in [5.41, 5.74) is 1.66. The zero-order valence-electron chi connectivity index (χ0n) is 12.3. The molecule has 3 aromatic rings. The van der Waals surface area contributed by atoms with Crippen LogP contribution >= 0.6 is 11.3 Å². The molecule has 0 spiro atoms. The van der Waals surface area contributed by atoms with Crippen LogP contribution in [0.5, 0.6) is 5.75 Å². The van der Waals surface area contributed by atoms with Crippen molar-refractivity contribution in [2.75, 3.05) is 0 Å². The van der Waals surface area contributed by atoms with Crippen LogP contribution in [0.4, 0.5) is 0 Å². The van der Waals surface area contributed by atoms with Gasteiger partial charge >= 0.3 is 5.97 Å². The fourth-order valence-electron chi connectivity index (χ4n) is 2.08. The molecule has 0 fully saturated rings. The van der Waals surface area contributed by atoms with E-state index in [1.807, 2.05) is 42.6 Å². The highest BCUT2D eigenvalue weighted by Crippen LogP contribution is 2.26. The van der Waals surface area contributed by atoms with E-state index in [1.165, 1.54) is 0 Å². The fraction of sp³-hybridized carbons (Fsp3) is 0.176. The Bertz CT molecular complexity index is 790. The lowest BCUT2D eigenvalue weighted by atomic mass is 10.2. The summed E-state index contributed by atoms with van der Waals surface area (Å²) in [5, 5.41) is 1.96. The first-order valence-corrected chi connectivity index (χ1v) is 7.77. The van der Waals surface area contributed by atoms with E-state index < -0.39 is 0 Å². The molecule has 112 valence electrons. The van der Waals surface area contributed by atoms with Crippen LogP contribution in [0, 0.1) is 13.8 Å². The Kier molecular flexibility index (Phi) is 4.06. The number of thiophene rings is 1. The Balaban J connectivity index is 1.72. The van der Waals surface area contributed by atoms with Crippen molar-refractivity contribution in [3.05, 3.63) is 58.8 Å². The van der Waals surface area contributed by atoms with Gasteiger partial charge in [0.1, 0.15) is 11.5 Å². The lowest BCUT2D eigenvalue weighted by Crippen LogP contribution is -2.12. The Hall–Kier alpha value is -2.40. The topological polar surface area (TPSA) is 52.3 Å². The number of rotatable bonds is 4. The molecule has 0 bridgehead atoms. The summed E-state index contributed by atoms with van der Waals surface area (Å²) in [4.78, 5) is 17.4. The van der Waals surface area contributed by atoms with Gasteiger partial charge in [0, 0.05) is 0 Å². The van der Waals surface area contributed by atoms with Gasteiger partial charge in [-0.15, -0.1) is 11.3 Å². The van der Waals surface area contributed by atoms with Crippen LogP contribution in [0.3, 0.4) is 0 Å². The molecule has 1 aromatic carbocycles. The zero-order chi connectivity index (χ0) is 15.5. The van der Waals surface area contributed by atoms with Crippen molar-refractivity contribution in [1.29, 1.82) is 0 Å². The van der Waals surface area contributed by atoms with E-state index >= 15 is 0 Å². The largest absolute Gasteiger partial charge is 0.440 e. The molecule has 0 saturated heterocycles. The second kappa shape index (κ2) is 6.15. The highest BCUT2D eigenvalue weighted by molar-refractivity contribution is 7.13. The number of aromatic nitrogens is 1. The third kappa shape index (κ3) is 3.26. The lowest BCUT2D eigenvalue weighted by Gasteiger charge is -2.03. The Morgan fingerprint density at radius 3 is 2.86 bits per heavy atom. The number of benzene rings is 1. The summed E-state index contributed by atoms with van der Waals surface area (Å²) in [5.74, 6) is 1.39. The normalized spacial score (nSPS) is 10.6. The molecular weight excluding hydrogens is 298 g/mol. The number of carbonyl (C=O) groups is 1. The van der Waals surface area contributed by atoms with Crippen molar-refractivity contribution in [2.24, 2.45) is 0 Å². The highest BCUT2D eigenvalue weighted by atomic mass is 32.1. The smallest absolute Gasteiger partial charge is 0.317 e.